The van der Waals surface area contributed by atoms with Crippen molar-refractivity contribution in [3.63, 3.8) is 0 Å². The Labute approximate surface area is 231 Å². The summed E-state index contributed by atoms with van der Waals surface area (Å²) in [5, 5.41) is 4.36. The van der Waals surface area contributed by atoms with Crippen molar-refractivity contribution in [3.05, 3.63) is 135 Å². The summed E-state index contributed by atoms with van der Waals surface area (Å²) in [6.45, 7) is 0.464. The summed E-state index contributed by atoms with van der Waals surface area (Å²) < 4.78 is 6.95. The van der Waals surface area contributed by atoms with Crippen LogP contribution in [-0.2, 0) is 6.61 Å². The van der Waals surface area contributed by atoms with E-state index in [9.17, 15) is 0 Å². The van der Waals surface area contributed by atoms with Crippen molar-refractivity contribution in [2.45, 2.75) is 25.0 Å². The van der Waals surface area contributed by atoms with E-state index in [1.54, 1.807) is 0 Å². The van der Waals surface area contributed by atoms with Crippen molar-refractivity contribution in [3.8, 4) is 5.75 Å². The number of hydrogen-bond acceptors (Lipinski definition) is 3. The van der Waals surface area contributed by atoms with E-state index in [1.165, 1.54) is 16.8 Å². The lowest BCUT2D eigenvalue weighted by atomic mass is 9.77. The summed E-state index contributed by atoms with van der Waals surface area (Å²) in [6, 6.07) is 31.3. The largest absolute Gasteiger partial charge is 0.487 e. The first-order valence-corrected chi connectivity index (χ1v) is 13.6. The zero-order chi connectivity index (χ0) is 25.2. The van der Waals surface area contributed by atoms with Crippen molar-refractivity contribution >= 4 is 45.1 Å². The standard InChI is InChI=1S/C32H26BrClN2O/c33-24-13-8-21(9-14-24)20-37-31-17-10-22(18-29(31)34)19-35-25-15-11-23(12-16-25)32-28-6-3-5-26(28)27-4-1-2-7-30(27)36-32/h1-5,7-19,26,28,32,36H,6,20H2/t26-,28+,32+/m1/s1. The zero-order valence-corrected chi connectivity index (χ0v) is 22.5. The number of para-hydroxylation sites is 1. The van der Waals surface area contributed by atoms with E-state index >= 15 is 0 Å². The predicted octanol–water partition coefficient (Wildman–Crippen LogP) is 9.26. The van der Waals surface area contributed by atoms with Crippen molar-refractivity contribution < 1.29 is 4.74 Å². The number of halogens is 2. The lowest BCUT2D eigenvalue weighted by Crippen LogP contribution is -2.28. The van der Waals surface area contributed by atoms with Gasteiger partial charge in [0.15, 0.2) is 0 Å². The van der Waals surface area contributed by atoms with Crippen LogP contribution in [-0.4, -0.2) is 6.21 Å². The first-order chi connectivity index (χ1) is 18.1. The SMILES string of the molecule is Clc1cc(C=Nc2ccc([C@@H]3Nc4ccccc4[C@H]4C=CC[C@@H]43)cc2)ccc1OCc1ccc(Br)cc1. The Morgan fingerprint density at radius 3 is 2.59 bits per heavy atom. The van der Waals surface area contributed by atoms with Crippen LogP contribution >= 0.6 is 27.5 Å². The molecule has 184 valence electrons. The Morgan fingerprint density at radius 1 is 0.973 bits per heavy atom. The monoisotopic (exact) mass is 568 g/mol. The number of anilines is 1. The average molecular weight is 570 g/mol. The van der Waals surface area contributed by atoms with Crippen LogP contribution in [0.1, 0.15) is 40.6 Å². The third-order valence-corrected chi connectivity index (χ3v) is 7.97. The topological polar surface area (TPSA) is 33.6 Å². The van der Waals surface area contributed by atoms with Crippen LogP contribution in [0.15, 0.2) is 113 Å². The highest BCUT2D eigenvalue weighted by molar-refractivity contribution is 9.10. The lowest BCUT2D eigenvalue weighted by Gasteiger charge is -2.37. The highest BCUT2D eigenvalue weighted by Gasteiger charge is 2.37. The van der Waals surface area contributed by atoms with Crippen molar-refractivity contribution in [1.82, 2.24) is 0 Å². The Bertz CT molecular complexity index is 1460. The van der Waals surface area contributed by atoms with E-state index in [2.05, 4.69) is 86.9 Å². The fourth-order valence-electron chi connectivity index (χ4n) is 5.25. The lowest BCUT2D eigenvalue weighted by molar-refractivity contribution is 0.306. The second-order valence-electron chi connectivity index (χ2n) is 9.52. The molecule has 2 aliphatic rings. The summed E-state index contributed by atoms with van der Waals surface area (Å²) >= 11 is 9.93. The molecule has 0 saturated heterocycles. The van der Waals surface area contributed by atoms with Gasteiger partial charge in [0.2, 0.25) is 0 Å². The molecule has 1 aliphatic heterocycles. The highest BCUT2D eigenvalue weighted by atomic mass is 79.9. The molecule has 4 aromatic rings. The van der Waals surface area contributed by atoms with Gasteiger partial charge in [-0.1, -0.05) is 82.1 Å². The number of nitrogens with zero attached hydrogens (tertiary/aromatic N) is 1. The van der Waals surface area contributed by atoms with E-state index in [0.717, 1.165) is 27.7 Å². The molecule has 1 heterocycles. The van der Waals surface area contributed by atoms with Crippen LogP contribution in [0, 0.1) is 5.92 Å². The maximum absolute atomic E-state index is 6.48. The molecule has 1 N–H and O–H groups in total. The molecule has 0 bridgehead atoms. The molecule has 37 heavy (non-hydrogen) atoms. The number of ether oxygens (including phenoxy) is 1. The van der Waals surface area contributed by atoms with E-state index in [4.69, 9.17) is 16.3 Å². The van der Waals surface area contributed by atoms with Gasteiger partial charge in [0.25, 0.3) is 0 Å². The molecule has 6 rings (SSSR count). The molecule has 5 heteroatoms. The third kappa shape index (κ3) is 5.22. The second kappa shape index (κ2) is 10.6. The summed E-state index contributed by atoms with van der Waals surface area (Å²) in [6.07, 6.45) is 7.64. The predicted molar refractivity (Wildman–Crippen MR) is 156 cm³/mol. The maximum atomic E-state index is 6.48. The van der Waals surface area contributed by atoms with E-state index in [1.807, 2.05) is 48.7 Å². The van der Waals surface area contributed by atoms with E-state index < -0.39 is 0 Å². The summed E-state index contributed by atoms with van der Waals surface area (Å²) in [5.74, 6) is 1.68. The number of allylic oxidation sites excluding steroid dienone is 2. The first-order valence-electron chi connectivity index (χ1n) is 12.5. The van der Waals surface area contributed by atoms with Gasteiger partial charge in [-0.2, -0.15) is 0 Å². The van der Waals surface area contributed by atoms with Gasteiger partial charge in [-0.15, -0.1) is 0 Å². The molecular formula is C32H26BrClN2O. The third-order valence-electron chi connectivity index (χ3n) is 7.15. The van der Waals surface area contributed by atoms with Crippen molar-refractivity contribution in [1.29, 1.82) is 0 Å². The second-order valence-corrected chi connectivity index (χ2v) is 10.8. The van der Waals surface area contributed by atoms with Gasteiger partial charge >= 0.3 is 0 Å². The van der Waals surface area contributed by atoms with Crippen LogP contribution in [0.3, 0.4) is 0 Å². The minimum Gasteiger partial charge on any atom is -0.487 e. The Balaban J connectivity index is 1.12. The number of nitrogens with one attached hydrogen (secondary N) is 1. The highest BCUT2D eigenvalue weighted by Crippen LogP contribution is 2.49. The molecule has 1 aliphatic carbocycles. The van der Waals surface area contributed by atoms with Crippen molar-refractivity contribution in [2.24, 2.45) is 10.9 Å². The van der Waals surface area contributed by atoms with Gasteiger partial charge in [0.1, 0.15) is 12.4 Å². The van der Waals surface area contributed by atoms with Crippen LogP contribution in [0.2, 0.25) is 5.02 Å². The van der Waals surface area contributed by atoms with E-state index in [0.29, 0.717) is 29.2 Å². The molecule has 0 unspecified atom stereocenters. The summed E-state index contributed by atoms with van der Waals surface area (Å²) in [5.41, 5.74) is 6.86. The van der Waals surface area contributed by atoms with Gasteiger partial charge in [-0.25, -0.2) is 0 Å². The molecule has 0 aromatic heterocycles. The number of fused-ring (bicyclic) bond motifs is 3. The van der Waals surface area contributed by atoms with Gasteiger partial charge in [-0.05, 0) is 83.1 Å². The summed E-state index contributed by atoms with van der Waals surface area (Å²) in [7, 11) is 0. The molecule has 0 spiro atoms. The molecule has 4 aromatic carbocycles. The van der Waals surface area contributed by atoms with E-state index in [-0.39, 0.29) is 6.04 Å². The molecule has 0 radical (unpaired) electrons. The minimum absolute atomic E-state index is 0.289. The molecular weight excluding hydrogens is 544 g/mol. The van der Waals surface area contributed by atoms with Crippen LogP contribution in [0.4, 0.5) is 11.4 Å². The number of benzene rings is 4. The molecule has 0 saturated carbocycles. The van der Waals surface area contributed by atoms with Gasteiger partial charge in [0, 0.05) is 22.3 Å². The number of aliphatic imine (C=N–C) groups is 1. The van der Waals surface area contributed by atoms with Gasteiger partial charge in [0.05, 0.1) is 16.8 Å². The fraction of sp³-hybridized carbons (Fsp3) is 0.156. The minimum atomic E-state index is 0.289. The Kier molecular flexibility index (Phi) is 6.86. The Hall–Kier alpha value is -3.34. The maximum Gasteiger partial charge on any atom is 0.138 e. The summed E-state index contributed by atoms with van der Waals surface area (Å²) in [4.78, 5) is 4.68. The van der Waals surface area contributed by atoms with Crippen molar-refractivity contribution in [2.75, 3.05) is 5.32 Å². The average Bonchev–Trinajstić information content (AvgIpc) is 3.43. The van der Waals surface area contributed by atoms with Crippen LogP contribution < -0.4 is 10.1 Å². The molecule has 3 nitrogen and oxygen atoms in total. The molecule has 0 amide bonds. The van der Waals surface area contributed by atoms with Crippen LogP contribution in [0.5, 0.6) is 5.75 Å². The number of rotatable bonds is 6. The van der Waals surface area contributed by atoms with Gasteiger partial charge in [-0.3, -0.25) is 4.99 Å². The molecule has 0 fully saturated rings. The molecule has 3 atom stereocenters. The fourth-order valence-corrected chi connectivity index (χ4v) is 5.75. The van der Waals surface area contributed by atoms with Gasteiger partial charge < -0.3 is 10.1 Å². The first kappa shape index (κ1) is 24.0. The normalized spacial score (nSPS) is 19.9. The smallest absolute Gasteiger partial charge is 0.138 e. The van der Waals surface area contributed by atoms with Crippen LogP contribution in [0.25, 0.3) is 0 Å². The quantitative estimate of drug-likeness (QED) is 0.185. The Morgan fingerprint density at radius 2 is 1.78 bits per heavy atom. The number of hydrogen-bond donors (Lipinski definition) is 1. The zero-order valence-electron chi connectivity index (χ0n) is 20.1.